The zero-order valence-electron chi connectivity index (χ0n) is 16.6. The minimum Gasteiger partial charge on any atom is -0.850 e. The van der Waals surface area contributed by atoms with E-state index < -0.39 is 32.1 Å². The van der Waals surface area contributed by atoms with Crippen LogP contribution in [0.3, 0.4) is 0 Å². The number of hydrogen-bond donors (Lipinski definition) is 0. The summed E-state index contributed by atoms with van der Waals surface area (Å²) in [4.78, 5) is 0. The van der Waals surface area contributed by atoms with Crippen molar-refractivity contribution < 1.29 is 138 Å². The summed E-state index contributed by atoms with van der Waals surface area (Å²) in [7, 11) is -7.64. The Bertz CT molecular complexity index is 630. The van der Waals surface area contributed by atoms with Gasteiger partial charge in [-0.15, -0.1) is 26.3 Å². The van der Waals surface area contributed by atoms with Gasteiger partial charge in [0, 0.05) is 0 Å². The van der Waals surface area contributed by atoms with Crippen LogP contribution in [0.25, 0.3) is 0 Å². The van der Waals surface area contributed by atoms with Crippen LogP contribution in [0.15, 0.2) is 50.6 Å². The predicted molar refractivity (Wildman–Crippen MR) is 105 cm³/mol. The van der Waals surface area contributed by atoms with Gasteiger partial charge in [0.25, 0.3) is 10.1 Å². The van der Waals surface area contributed by atoms with Crippen LogP contribution < -0.4 is 108 Å². The van der Waals surface area contributed by atoms with Gasteiger partial charge in [0.15, 0.2) is 0 Å². The Labute approximate surface area is 261 Å². The molecule has 0 saturated carbocycles. The first-order valence-corrected chi connectivity index (χ1v) is 10.7. The third-order valence-corrected chi connectivity index (χ3v) is 4.12. The molecule has 1 aliphatic rings. The molecule has 1 fully saturated rings. The standard InChI is InChI=1S/C8H13O4S.C5H8O.C3H6O3S.CH4.2K/c1-3-5-8(9)7-12-13(10,11)6-4-2;1-2-3-5-4-6-5;1-2-3-7(4,5)6;;;/h3-4,8H,1-2,5-7H2;2,5H,1,3-4H2;2H,1,3H2,(H,4,5,6);1H4;;/q-1;;;;2*+1/p-1. The molecule has 0 radical (unpaired) electrons. The average molecular weight is 505 g/mol. The fraction of sp³-hybridized carbons (Fsp3) is 0.529. The molecule has 0 amide bonds. The molecular formula is C17H30K2O8S2. The van der Waals surface area contributed by atoms with Crippen LogP contribution in [0.1, 0.15) is 20.3 Å². The van der Waals surface area contributed by atoms with E-state index in [2.05, 4.69) is 30.5 Å². The van der Waals surface area contributed by atoms with Gasteiger partial charge in [-0.3, -0.25) is 4.18 Å². The Balaban J connectivity index is -0.000000103. The Morgan fingerprint density at radius 1 is 1.00 bits per heavy atom. The molecule has 0 N–H and O–H groups in total. The molecule has 0 aromatic rings. The molecule has 160 valence electrons. The number of epoxide rings is 1. The van der Waals surface area contributed by atoms with Crippen LogP contribution in [0.2, 0.25) is 0 Å². The van der Waals surface area contributed by atoms with Crippen LogP contribution in [-0.2, 0) is 29.2 Å². The summed E-state index contributed by atoms with van der Waals surface area (Å²) in [5.74, 6) is -0.749. The quantitative estimate of drug-likeness (QED) is 0.0898. The van der Waals surface area contributed by atoms with E-state index in [1.807, 2.05) is 6.08 Å². The molecule has 0 spiro atoms. The monoisotopic (exact) mass is 504 g/mol. The molecule has 12 heteroatoms. The van der Waals surface area contributed by atoms with Gasteiger partial charge in [0.05, 0.1) is 40.9 Å². The summed E-state index contributed by atoms with van der Waals surface area (Å²) in [6, 6.07) is 0. The molecule has 0 aliphatic carbocycles. The van der Waals surface area contributed by atoms with Crippen LogP contribution in [0, 0.1) is 0 Å². The van der Waals surface area contributed by atoms with Gasteiger partial charge in [-0.2, -0.15) is 8.42 Å². The zero-order valence-corrected chi connectivity index (χ0v) is 24.5. The first-order valence-electron chi connectivity index (χ1n) is 7.53. The Morgan fingerprint density at radius 3 is 1.72 bits per heavy atom. The maximum absolute atomic E-state index is 10.9. The summed E-state index contributed by atoms with van der Waals surface area (Å²) >= 11 is 0. The van der Waals surface area contributed by atoms with Crippen molar-refractivity contribution in [1.82, 2.24) is 0 Å². The molecule has 0 aromatic carbocycles. The van der Waals surface area contributed by atoms with E-state index in [0.717, 1.165) is 19.1 Å². The maximum Gasteiger partial charge on any atom is 1.00 e. The second kappa shape index (κ2) is 24.6. The fourth-order valence-corrected chi connectivity index (χ4v) is 2.19. The third kappa shape index (κ3) is 37.6. The zero-order chi connectivity index (χ0) is 20.6. The van der Waals surface area contributed by atoms with Crippen LogP contribution in [-0.4, -0.2) is 58.3 Å². The Kier molecular flexibility index (Phi) is 35.0. The summed E-state index contributed by atoms with van der Waals surface area (Å²) in [5, 5.41) is 10.9. The second-order valence-corrected chi connectivity index (χ2v) is 8.07. The van der Waals surface area contributed by atoms with Crippen molar-refractivity contribution in [3.63, 3.8) is 0 Å². The molecule has 1 saturated heterocycles. The molecule has 8 nitrogen and oxygen atoms in total. The van der Waals surface area contributed by atoms with Gasteiger partial charge in [-0.1, -0.05) is 37.8 Å². The average Bonchev–Trinajstić information content (AvgIpc) is 3.30. The van der Waals surface area contributed by atoms with E-state index >= 15 is 0 Å². The summed E-state index contributed by atoms with van der Waals surface area (Å²) < 4.78 is 59.9. The molecule has 1 heterocycles. The van der Waals surface area contributed by atoms with Crippen molar-refractivity contribution in [2.45, 2.75) is 32.5 Å². The minimum absolute atomic E-state index is 0. The molecule has 2 atom stereocenters. The molecule has 1 rings (SSSR count). The van der Waals surface area contributed by atoms with Crippen LogP contribution >= 0.6 is 0 Å². The van der Waals surface area contributed by atoms with Gasteiger partial charge in [0.2, 0.25) is 0 Å². The molecule has 29 heavy (non-hydrogen) atoms. The fourth-order valence-electron chi connectivity index (χ4n) is 1.16. The van der Waals surface area contributed by atoms with Gasteiger partial charge < -0.3 is 14.4 Å². The number of rotatable bonds is 11. The smallest absolute Gasteiger partial charge is 0.850 e. The van der Waals surface area contributed by atoms with Crippen LogP contribution in [0.4, 0.5) is 0 Å². The van der Waals surface area contributed by atoms with Crippen molar-refractivity contribution in [3.8, 4) is 0 Å². The largest absolute Gasteiger partial charge is 1.00 e. The molecular weight excluding hydrogens is 475 g/mol. The molecule has 2 unspecified atom stereocenters. The van der Waals surface area contributed by atoms with Crippen molar-refractivity contribution in [3.05, 3.63) is 50.6 Å². The number of hydrogen-bond acceptors (Lipinski definition) is 8. The minimum atomic E-state index is -4.04. The summed E-state index contributed by atoms with van der Waals surface area (Å²) in [6.45, 7) is 13.8. The van der Waals surface area contributed by atoms with Crippen molar-refractivity contribution in [2.24, 2.45) is 0 Å². The maximum atomic E-state index is 10.9. The SMILES string of the molecule is C.C=CCC([O-])COS(=O)(=O)CC=C.C=CCC1CO1.C=CCS(=O)(=O)[O-].[K+].[K+]. The Hall–Kier alpha value is 1.97. The third-order valence-electron chi connectivity index (χ3n) is 2.34. The number of ether oxygens (including phenoxy) is 1. The van der Waals surface area contributed by atoms with E-state index in [0.29, 0.717) is 6.10 Å². The van der Waals surface area contributed by atoms with Crippen LogP contribution in [0.5, 0.6) is 0 Å². The Morgan fingerprint density at radius 2 is 1.48 bits per heavy atom. The predicted octanol–water partition coefficient (Wildman–Crippen LogP) is -4.85. The van der Waals surface area contributed by atoms with Gasteiger partial charge in [0.1, 0.15) is 0 Å². The first kappa shape index (κ1) is 41.2. The van der Waals surface area contributed by atoms with Gasteiger partial charge >= 0.3 is 103 Å². The molecule has 0 bridgehead atoms. The normalized spacial score (nSPS) is 14.9. The van der Waals surface area contributed by atoms with Gasteiger partial charge in [-0.05, 0) is 12.8 Å². The van der Waals surface area contributed by atoms with E-state index in [9.17, 15) is 26.5 Å². The van der Waals surface area contributed by atoms with Crippen molar-refractivity contribution >= 4 is 20.2 Å². The van der Waals surface area contributed by atoms with E-state index in [1.165, 1.54) is 12.2 Å². The van der Waals surface area contributed by atoms with E-state index in [1.54, 1.807) is 0 Å². The van der Waals surface area contributed by atoms with Crippen molar-refractivity contribution in [1.29, 1.82) is 0 Å². The summed E-state index contributed by atoms with van der Waals surface area (Å²) in [6.07, 6.45) is 6.27. The topological polar surface area (TPSA) is 136 Å². The van der Waals surface area contributed by atoms with E-state index in [-0.39, 0.29) is 129 Å². The molecule has 0 aromatic heterocycles. The van der Waals surface area contributed by atoms with Crippen molar-refractivity contribution in [2.75, 3.05) is 24.7 Å². The first-order chi connectivity index (χ1) is 12.0. The van der Waals surface area contributed by atoms with Gasteiger partial charge in [-0.25, -0.2) is 8.42 Å². The summed E-state index contributed by atoms with van der Waals surface area (Å²) in [5.41, 5.74) is 0. The van der Waals surface area contributed by atoms with E-state index in [4.69, 9.17) is 4.74 Å². The second-order valence-electron chi connectivity index (χ2n) is 4.94. The molecule has 1 aliphatic heterocycles.